The highest BCUT2D eigenvalue weighted by Gasteiger charge is 2.20. The summed E-state index contributed by atoms with van der Waals surface area (Å²) in [5.74, 6) is 0.237. The first kappa shape index (κ1) is 15.6. The minimum absolute atomic E-state index is 0.237. The first-order valence-corrected chi connectivity index (χ1v) is 8.42. The summed E-state index contributed by atoms with van der Waals surface area (Å²) in [5.41, 5.74) is 3.89. The largest absolute Gasteiger partial charge is 0.370 e. The Labute approximate surface area is 138 Å². The molecule has 0 fully saturated rings. The van der Waals surface area contributed by atoms with Crippen LogP contribution in [-0.2, 0) is 17.8 Å². The summed E-state index contributed by atoms with van der Waals surface area (Å²) < 4.78 is 0. The molecule has 2 aromatic carbocycles. The van der Waals surface area contributed by atoms with Gasteiger partial charge in [-0.15, -0.1) is 0 Å². The molecule has 23 heavy (non-hydrogen) atoms. The van der Waals surface area contributed by atoms with Crippen LogP contribution in [-0.4, -0.2) is 30.4 Å². The number of fused-ring (bicyclic) bond motifs is 1. The van der Waals surface area contributed by atoms with Gasteiger partial charge < -0.3 is 9.80 Å². The normalized spacial score (nSPS) is 13.0. The predicted molar refractivity (Wildman–Crippen MR) is 94.5 cm³/mol. The van der Waals surface area contributed by atoms with Crippen molar-refractivity contribution >= 4 is 11.6 Å². The van der Waals surface area contributed by atoms with E-state index in [0.29, 0.717) is 13.0 Å². The fourth-order valence-corrected chi connectivity index (χ4v) is 3.21. The molecule has 0 aromatic heterocycles. The van der Waals surface area contributed by atoms with Gasteiger partial charge in [-0.1, -0.05) is 48.5 Å². The van der Waals surface area contributed by atoms with Gasteiger partial charge in [0.25, 0.3) is 0 Å². The van der Waals surface area contributed by atoms with Crippen LogP contribution in [0.2, 0.25) is 0 Å². The van der Waals surface area contributed by atoms with Crippen LogP contribution in [0, 0.1) is 0 Å². The van der Waals surface area contributed by atoms with E-state index in [1.807, 2.05) is 30.0 Å². The van der Waals surface area contributed by atoms with Crippen molar-refractivity contribution in [2.45, 2.75) is 26.3 Å². The Balaban J connectivity index is 1.56. The van der Waals surface area contributed by atoms with Crippen molar-refractivity contribution in [3.8, 4) is 0 Å². The lowest BCUT2D eigenvalue weighted by atomic mass is 10.2. The number of nitrogens with zero attached hydrogens (tertiary/aromatic N) is 2. The highest BCUT2D eigenvalue weighted by Crippen LogP contribution is 2.27. The monoisotopic (exact) mass is 308 g/mol. The molecule has 3 nitrogen and oxygen atoms in total. The molecule has 0 radical (unpaired) electrons. The zero-order valence-electron chi connectivity index (χ0n) is 13.7. The highest BCUT2D eigenvalue weighted by molar-refractivity contribution is 5.77. The number of para-hydroxylation sites is 1. The first-order chi connectivity index (χ1) is 11.3. The molecule has 0 bridgehead atoms. The number of benzene rings is 2. The molecule has 1 aliphatic heterocycles. The number of amides is 1. The third-order valence-corrected chi connectivity index (χ3v) is 4.53. The van der Waals surface area contributed by atoms with E-state index in [-0.39, 0.29) is 5.91 Å². The van der Waals surface area contributed by atoms with Crippen LogP contribution >= 0.6 is 0 Å². The number of carbonyl (C=O) groups excluding carboxylic acids is 1. The molecule has 0 N–H and O–H groups in total. The molecule has 2 aromatic rings. The van der Waals surface area contributed by atoms with Gasteiger partial charge in [0.05, 0.1) is 0 Å². The van der Waals surface area contributed by atoms with Gasteiger partial charge in [-0.25, -0.2) is 0 Å². The minimum Gasteiger partial charge on any atom is -0.370 e. The van der Waals surface area contributed by atoms with Gasteiger partial charge in [-0.05, 0) is 30.5 Å². The third-order valence-electron chi connectivity index (χ3n) is 4.53. The average molecular weight is 308 g/mol. The highest BCUT2D eigenvalue weighted by atomic mass is 16.2. The molecule has 1 amide bonds. The van der Waals surface area contributed by atoms with Crippen LogP contribution in [0.1, 0.15) is 24.5 Å². The van der Waals surface area contributed by atoms with Crippen molar-refractivity contribution in [2.24, 2.45) is 0 Å². The molecule has 0 saturated heterocycles. The third kappa shape index (κ3) is 3.73. The molecule has 1 aliphatic rings. The van der Waals surface area contributed by atoms with Gasteiger partial charge in [0, 0.05) is 38.3 Å². The van der Waals surface area contributed by atoms with Crippen LogP contribution in [0.25, 0.3) is 0 Å². The van der Waals surface area contributed by atoms with Crippen molar-refractivity contribution in [1.29, 1.82) is 0 Å². The molecular formula is C20H24N2O. The number of hydrogen-bond acceptors (Lipinski definition) is 2. The maximum atomic E-state index is 12.5. The standard InChI is InChI=1S/C20H24N2O/c1-2-21(16-17-8-4-3-5-9-17)20(23)13-15-22-14-12-18-10-6-7-11-19(18)22/h3-11H,2,12-16H2,1H3. The van der Waals surface area contributed by atoms with E-state index in [1.165, 1.54) is 16.8 Å². The molecule has 3 heteroatoms. The van der Waals surface area contributed by atoms with Gasteiger partial charge in [-0.2, -0.15) is 0 Å². The van der Waals surface area contributed by atoms with Gasteiger partial charge in [0.2, 0.25) is 5.91 Å². The average Bonchev–Trinajstić information content (AvgIpc) is 3.01. The lowest BCUT2D eigenvalue weighted by Gasteiger charge is -2.24. The summed E-state index contributed by atoms with van der Waals surface area (Å²) >= 11 is 0. The Morgan fingerprint density at radius 3 is 2.61 bits per heavy atom. The Morgan fingerprint density at radius 2 is 1.83 bits per heavy atom. The Hall–Kier alpha value is -2.29. The molecule has 1 heterocycles. The maximum Gasteiger partial charge on any atom is 0.224 e. The van der Waals surface area contributed by atoms with Gasteiger partial charge in [-0.3, -0.25) is 4.79 Å². The van der Waals surface area contributed by atoms with E-state index in [4.69, 9.17) is 0 Å². The van der Waals surface area contributed by atoms with Crippen molar-refractivity contribution in [3.05, 3.63) is 65.7 Å². The van der Waals surface area contributed by atoms with Crippen molar-refractivity contribution in [1.82, 2.24) is 4.90 Å². The zero-order valence-corrected chi connectivity index (χ0v) is 13.7. The quantitative estimate of drug-likeness (QED) is 0.815. The van der Waals surface area contributed by atoms with E-state index in [2.05, 4.69) is 41.3 Å². The summed E-state index contributed by atoms with van der Waals surface area (Å²) in [7, 11) is 0. The molecular weight excluding hydrogens is 284 g/mol. The lowest BCUT2D eigenvalue weighted by molar-refractivity contribution is -0.131. The van der Waals surface area contributed by atoms with E-state index in [0.717, 1.165) is 26.1 Å². The second kappa shape index (κ2) is 7.32. The van der Waals surface area contributed by atoms with Crippen LogP contribution < -0.4 is 4.90 Å². The molecule has 0 saturated carbocycles. The second-order valence-electron chi connectivity index (χ2n) is 6.01. The number of rotatable bonds is 6. The molecule has 0 unspecified atom stereocenters. The lowest BCUT2D eigenvalue weighted by Crippen LogP contribution is -2.33. The smallest absolute Gasteiger partial charge is 0.224 e. The summed E-state index contributed by atoms with van der Waals surface area (Å²) in [6.07, 6.45) is 1.67. The van der Waals surface area contributed by atoms with E-state index < -0.39 is 0 Å². The van der Waals surface area contributed by atoms with Crippen LogP contribution in [0.15, 0.2) is 54.6 Å². The molecule has 0 atom stereocenters. The number of hydrogen-bond donors (Lipinski definition) is 0. The first-order valence-electron chi connectivity index (χ1n) is 8.42. The summed E-state index contributed by atoms with van der Waals surface area (Å²) in [5, 5.41) is 0. The van der Waals surface area contributed by atoms with Gasteiger partial charge >= 0.3 is 0 Å². The van der Waals surface area contributed by atoms with Gasteiger partial charge in [0.15, 0.2) is 0 Å². The fraction of sp³-hybridized carbons (Fsp3) is 0.350. The molecule has 0 aliphatic carbocycles. The molecule has 3 rings (SSSR count). The Kier molecular flexibility index (Phi) is 4.96. The Morgan fingerprint density at radius 1 is 1.09 bits per heavy atom. The number of carbonyl (C=O) groups is 1. The minimum atomic E-state index is 0.237. The SMILES string of the molecule is CCN(Cc1ccccc1)C(=O)CCN1CCc2ccccc21. The maximum absolute atomic E-state index is 12.5. The number of anilines is 1. The van der Waals surface area contributed by atoms with Crippen LogP contribution in [0.5, 0.6) is 0 Å². The molecule has 0 spiro atoms. The van der Waals surface area contributed by atoms with Crippen LogP contribution in [0.4, 0.5) is 5.69 Å². The van der Waals surface area contributed by atoms with Crippen LogP contribution in [0.3, 0.4) is 0 Å². The zero-order chi connectivity index (χ0) is 16.1. The van der Waals surface area contributed by atoms with E-state index in [9.17, 15) is 4.79 Å². The molecule has 120 valence electrons. The van der Waals surface area contributed by atoms with Crippen molar-refractivity contribution in [3.63, 3.8) is 0 Å². The summed E-state index contributed by atoms with van der Waals surface area (Å²) in [6, 6.07) is 18.7. The predicted octanol–water partition coefficient (Wildman–Crippen LogP) is 3.49. The Bertz CT molecular complexity index is 654. The van der Waals surface area contributed by atoms with E-state index in [1.54, 1.807) is 0 Å². The van der Waals surface area contributed by atoms with E-state index >= 15 is 0 Å². The topological polar surface area (TPSA) is 23.6 Å². The summed E-state index contributed by atoms with van der Waals surface area (Å²) in [4.78, 5) is 16.8. The van der Waals surface area contributed by atoms with Gasteiger partial charge in [0.1, 0.15) is 0 Å². The van der Waals surface area contributed by atoms with Crippen molar-refractivity contribution < 1.29 is 4.79 Å². The van der Waals surface area contributed by atoms with Crippen molar-refractivity contribution in [2.75, 3.05) is 24.5 Å². The fourth-order valence-electron chi connectivity index (χ4n) is 3.21. The second-order valence-corrected chi connectivity index (χ2v) is 6.01. The summed E-state index contributed by atoms with van der Waals surface area (Å²) in [6.45, 7) is 5.33.